The SMILES string of the molecule is CF.CO.Sc1c(SC2CNC2)ccc(N2CCCCC2)c1-c1nn[nH]n1. The summed E-state index contributed by atoms with van der Waals surface area (Å²) in [5, 5.41) is 25.7. The van der Waals surface area contributed by atoms with Gasteiger partial charge in [-0.15, -0.1) is 34.6 Å². The number of halogens is 1. The Bertz CT molecular complexity index is 678. The van der Waals surface area contributed by atoms with Gasteiger partial charge < -0.3 is 15.3 Å². The van der Waals surface area contributed by atoms with Crippen molar-refractivity contribution in [2.24, 2.45) is 0 Å². The second-order valence-electron chi connectivity index (χ2n) is 5.99. The van der Waals surface area contributed by atoms with Gasteiger partial charge >= 0.3 is 0 Å². The predicted octanol–water partition coefficient (Wildman–Crippen LogP) is 2.40. The van der Waals surface area contributed by atoms with Crippen LogP contribution in [0.5, 0.6) is 0 Å². The Kier molecular flexibility index (Phi) is 9.32. The standard InChI is InChI=1S/C15H20N6S2.CH3F.CH4O/c22-14-12(23-10-8-16-9-10)5-4-11(21-6-2-1-3-7-21)13(14)15-17-19-20-18-15;2*1-2/h4-5,10,16,22H,1-3,6-9H2,(H,17,18,19,20);1H3;2H,1H3. The monoisotopic (exact) mass is 414 g/mol. The number of thioether (sulfide) groups is 1. The molecule has 3 N–H and O–H groups in total. The van der Waals surface area contributed by atoms with Crippen LogP contribution in [0.2, 0.25) is 0 Å². The van der Waals surface area contributed by atoms with Gasteiger partial charge in [-0.25, -0.2) is 0 Å². The molecule has 27 heavy (non-hydrogen) atoms. The van der Waals surface area contributed by atoms with Crippen molar-refractivity contribution < 1.29 is 9.50 Å². The molecule has 0 bridgehead atoms. The lowest BCUT2D eigenvalue weighted by atomic mass is 10.1. The summed E-state index contributed by atoms with van der Waals surface area (Å²) >= 11 is 6.72. The number of aliphatic hydroxyl groups is 1. The summed E-state index contributed by atoms with van der Waals surface area (Å²) in [6.07, 6.45) is 3.78. The van der Waals surface area contributed by atoms with Crippen LogP contribution in [-0.2, 0) is 0 Å². The summed E-state index contributed by atoms with van der Waals surface area (Å²) in [7, 11) is 1.50. The third-order valence-electron chi connectivity index (χ3n) is 4.42. The van der Waals surface area contributed by atoms with Gasteiger partial charge in [0.15, 0.2) is 0 Å². The van der Waals surface area contributed by atoms with E-state index in [1.807, 2.05) is 11.8 Å². The first kappa shape index (κ1) is 21.9. The van der Waals surface area contributed by atoms with Crippen molar-refractivity contribution in [3.05, 3.63) is 12.1 Å². The molecule has 1 aromatic carbocycles. The molecule has 2 aliphatic heterocycles. The van der Waals surface area contributed by atoms with E-state index in [1.165, 1.54) is 29.8 Å². The van der Waals surface area contributed by atoms with Gasteiger partial charge in [0, 0.05) is 54.0 Å². The number of H-pyrrole nitrogens is 1. The molecule has 3 heterocycles. The van der Waals surface area contributed by atoms with E-state index >= 15 is 0 Å². The summed E-state index contributed by atoms with van der Waals surface area (Å²) in [4.78, 5) is 4.58. The molecule has 4 rings (SSSR count). The number of rotatable bonds is 4. The summed E-state index contributed by atoms with van der Waals surface area (Å²) < 4.78 is 9.50. The van der Waals surface area contributed by atoms with Crippen LogP contribution in [0.15, 0.2) is 21.9 Å². The van der Waals surface area contributed by atoms with Crippen LogP contribution >= 0.6 is 24.4 Å². The van der Waals surface area contributed by atoms with E-state index < -0.39 is 0 Å². The summed E-state index contributed by atoms with van der Waals surface area (Å²) in [5.74, 6) is 0.629. The van der Waals surface area contributed by atoms with Crippen LogP contribution < -0.4 is 10.2 Å². The molecule has 7 nitrogen and oxygen atoms in total. The molecule has 2 aliphatic rings. The number of hydrogen-bond donors (Lipinski definition) is 4. The number of anilines is 1. The summed E-state index contributed by atoms with van der Waals surface area (Å²) in [6.45, 7) is 4.28. The van der Waals surface area contributed by atoms with Crippen LogP contribution in [0.1, 0.15) is 19.3 Å². The van der Waals surface area contributed by atoms with Crippen LogP contribution in [0.3, 0.4) is 0 Å². The highest BCUT2D eigenvalue weighted by molar-refractivity contribution is 8.00. The summed E-state index contributed by atoms with van der Waals surface area (Å²) in [6, 6.07) is 4.39. The van der Waals surface area contributed by atoms with Crippen LogP contribution in [0.25, 0.3) is 11.4 Å². The third-order valence-corrected chi connectivity index (χ3v) is 6.30. The van der Waals surface area contributed by atoms with Gasteiger partial charge in [-0.2, -0.15) is 5.21 Å². The minimum Gasteiger partial charge on any atom is -0.400 e. The zero-order valence-electron chi connectivity index (χ0n) is 15.7. The lowest BCUT2D eigenvalue weighted by molar-refractivity contribution is 0.399. The first-order valence-electron chi connectivity index (χ1n) is 8.87. The van der Waals surface area contributed by atoms with Gasteiger partial charge in [0.1, 0.15) is 0 Å². The molecule has 0 radical (unpaired) electrons. The number of nitrogens with zero attached hydrogens (tertiary/aromatic N) is 4. The number of aromatic amines is 1. The van der Waals surface area contributed by atoms with Gasteiger partial charge in [-0.05, 0) is 36.6 Å². The number of tetrazole rings is 1. The minimum absolute atomic E-state index is 0.500. The van der Waals surface area contributed by atoms with E-state index in [-0.39, 0.29) is 0 Å². The maximum Gasteiger partial charge on any atom is 0.207 e. The molecule has 0 saturated carbocycles. The van der Waals surface area contributed by atoms with E-state index in [2.05, 4.69) is 43.0 Å². The van der Waals surface area contributed by atoms with Crippen LogP contribution in [0, 0.1) is 0 Å². The van der Waals surface area contributed by atoms with Gasteiger partial charge in [0.2, 0.25) is 5.82 Å². The first-order chi connectivity index (χ1) is 13.3. The minimum atomic E-state index is 0.500. The Hall–Kier alpha value is -1.36. The molecular formula is C17H27FN6OS2. The molecule has 0 atom stereocenters. The van der Waals surface area contributed by atoms with Crippen molar-refractivity contribution >= 4 is 30.1 Å². The average molecular weight is 415 g/mol. The van der Waals surface area contributed by atoms with E-state index in [0.717, 1.165) is 43.7 Å². The molecule has 1 aromatic heterocycles. The number of alkyl halides is 1. The summed E-state index contributed by atoms with van der Waals surface area (Å²) in [5.41, 5.74) is 2.17. The van der Waals surface area contributed by atoms with Gasteiger partial charge in [0.05, 0.1) is 12.7 Å². The number of hydrogen-bond acceptors (Lipinski definition) is 8. The zero-order chi connectivity index (χ0) is 19.6. The normalized spacial score (nSPS) is 16.6. The predicted molar refractivity (Wildman–Crippen MR) is 111 cm³/mol. The second kappa shape index (κ2) is 11.5. The highest BCUT2D eigenvalue weighted by atomic mass is 32.2. The fraction of sp³-hybridized carbons (Fsp3) is 0.588. The van der Waals surface area contributed by atoms with Gasteiger partial charge in [-0.1, -0.05) is 0 Å². The first-order valence-corrected chi connectivity index (χ1v) is 10.2. The average Bonchev–Trinajstić information content (AvgIpc) is 3.23. The van der Waals surface area contributed by atoms with E-state index in [9.17, 15) is 4.39 Å². The molecule has 0 unspecified atom stereocenters. The smallest absolute Gasteiger partial charge is 0.207 e. The Morgan fingerprint density at radius 1 is 1.19 bits per heavy atom. The Balaban J connectivity index is 0.000000614. The maximum atomic E-state index is 9.50. The van der Waals surface area contributed by atoms with Gasteiger partial charge in [0.25, 0.3) is 0 Å². The number of aliphatic hydroxyl groups excluding tert-OH is 1. The van der Waals surface area contributed by atoms with Crippen molar-refractivity contribution in [2.45, 2.75) is 34.3 Å². The fourth-order valence-corrected chi connectivity index (χ4v) is 4.64. The molecule has 10 heteroatoms. The van der Waals surface area contributed by atoms with Crippen molar-refractivity contribution in [1.29, 1.82) is 0 Å². The van der Waals surface area contributed by atoms with Crippen LogP contribution in [0.4, 0.5) is 10.1 Å². The third kappa shape index (κ3) is 5.34. The number of thiol groups is 1. The molecule has 0 spiro atoms. The van der Waals surface area contributed by atoms with Gasteiger partial charge in [-0.3, -0.25) is 4.39 Å². The molecule has 0 amide bonds. The molecule has 2 aromatic rings. The number of benzene rings is 1. The van der Waals surface area contributed by atoms with Crippen molar-refractivity contribution in [2.75, 3.05) is 45.4 Å². The Morgan fingerprint density at radius 2 is 1.89 bits per heavy atom. The van der Waals surface area contributed by atoms with E-state index in [0.29, 0.717) is 18.3 Å². The highest BCUT2D eigenvalue weighted by Gasteiger charge is 2.24. The fourth-order valence-electron chi connectivity index (χ4n) is 3.07. The number of nitrogens with one attached hydrogen (secondary N) is 2. The number of aromatic nitrogens is 4. The lowest BCUT2D eigenvalue weighted by Gasteiger charge is -2.32. The zero-order valence-corrected chi connectivity index (χ0v) is 17.4. The van der Waals surface area contributed by atoms with Crippen LogP contribution in [-0.4, -0.2) is 71.4 Å². The Morgan fingerprint density at radius 3 is 2.44 bits per heavy atom. The van der Waals surface area contributed by atoms with Crippen molar-refractivity contribution in [1.82, 2.24) is 25.9 Å². The molecular weight excluding hydrogens is 387 g/mol. The molecule has 2 fully saturated rings. The second-order valence-corrected chi connectivity index (χ2v) is 7.78. The van der Waals surface area contributed by atoms with Crippen molar-refractivity contribution in [3.8, 4) is 11.4 Å². The number of piperidine rings is 1. The Labute approximate surface area is 168 Å². The maximum absolute atomic E-state index is 9.50. The molecule has 2 saturated heterocycles. The topological polar surface area (TPSA) is 90.0 Å². The quantitative estimate of drug-likeness (QED) is 0.571. The largest absolute Gasteiger partial charge is 0.400 e. The van der Waals surface area contributed by atoms with E-state index in [4.69, 9.17) is 17.7 Å². The highest BCUT2D eigenvalue weighted by Crippen LogP contribution is 2.42. The van der Waals surface area contributed by atoms with Crippen molar-refractivity contribution in [3.63, 3.8) is 0 Å². The lowest BCUT2D eigenvalue weighted by Crippen LogP contribution is -2.44. The molecule has 0 aliphatic carbocycles. The molecule has 150 valence electrons. The van der Waals surface area contributed by atoms with E-state index in [1.54, 1.807) is 0 Å².